The highest BCUT2D eigenvalue weighted by atomic mass is 16.6. The van der Waals surface area contributed by atoms with E-state index in [1.54, 1.807) is 18.2 Å². The van der Waals surface area contributed by atoms with E-state index in [-0.39, 0.29) is 17.6 Å². The third-order valence-corrected chi connectivity index (χ3v) is 5.70. The molecular weight excluding hydrogens is 408 g/mol. The molecule has 0 radical (unpaired) electrons. The van der Waals surface area contributed by atoms with Crippen molar-refractivity contribution in [3.63, 3.8) is 0 Å². The molecule has 0 unspecified atom stereocenters. The van der Waals surface area contributed by atoms with Crippen molar-refractivity contribution in [1.82, 2.24) is 9.88 Å². The van der Waals surface area contributed by atoms with Crippen molar-refractivity contribution in [2.75, 3.05) is 25.0 Å². The Bertz CT molecular complexity index is 1140. The van der Waals surface area contributed by atoms with E-state index in [1.807, 2.05) is 43.0 Å². The topological polar surface area (TPSA) is 97.6 Å². The van der Waals surface area contributed by atoms with Crippen molar-refractivity contribution in [3.05, 3.63) is 69.9 Å². The van der Waals surface area contributed by atoms with Gasteiger partial charge < -0.3 is 15.0 Å². The van der Waals surface area contributed by atoms with Crippen molar-refractivity contribution in [2.45, 2.75) is 32.7 Å². The van der Waals surface area contributed by atoms with E-state index in [1.165, 1.54) is 6.07 Å². The van der Waals surface area contributed by atoms with Gasteiger partial charge in [0.15, 0.2) is 5.52 Å². The second-order valence-corrected chi connectivity index (χ2v) is 7.91. The summed E-state index contributed by atoms with van der Waals surface area (Å²) in [6.45, 7) is 5.64. The van der Waals surface area contributed by atoms with Gasteiger partial charge in [-0.05, 0) is 57.0 Å². The van der Waals surface area contributed by atoms with Gasteiger partial charge in [-0.3, -0.25) is 14.9 Å². The number of para-hydroxylation sites is 1. The molecule has 4 rings (SSSR count). The third-order valence-electron chi connectivity index (χ3n) is 5.70. The predicted octanol–water partition coefficient (Wildman–Crippen LogP) is 4.57. The highest BCUT2D eigenvalue weighted by Crippen LogP contribution is 2.31. The molecule has 2 aromatic carbocycles. The lowest BCUT2D eigenvalue weighted by molar-refractivity contribution is -0.383. The molecule has 1 amide bonds. The van der Waals surface area contributed by atoms with E-state index >= 15 is 0 Å². The molecule has 166 valence electrons. The van der Waals surface area contributed by atoms with Gasteiger partial charge in [-0.1, -0.05) is 12.1 Å². The SMILES string of the molecule is CCOc1ccc(C(=O)N2CCC(Nc3cc(C)nc4c([N+](=O)[O-])cccc34)CC2)cc1. The molecule has 8 heteroatoms. The van der Waals surface area contributed by atoms with Crippen molar-refractivity contribution < 1.29 is 14.5 Å². The van der Waals surface area contributed by atoms with Crippen molar-refractivity contribution in [3.8, 4) is 5.75 Å². The zero-order valence-electron chi connectivity index (χ0n) is 18.2. The lowest BCUT2D eigenvalue weighted by atomic mass is 10.0. The normalized spacial score (nSPS) is 14.4. The molecule has 0 atom stereocenters. The Labute approximate surface area is 186 Å². The first-order valence-corrected chi connectivity index (χ1v) is 10.8. The Morgan fingerprint density at radius 3 is 2.59 bits per heavy atom. The number of aryl methyl sites for hydroxylation is 1. The second kappa shape index (κ2) is 9.21. The Morgan fingerprint density at radius 2 is 1.94 bits per heavy atom. The number of nitro groups is 1. The van der Waals surface area contributed by atoms with Crippen LogP contribution in [0, 0.1) is 17.0 Å². The summed E-state index contributed by atoms with van der Waals surface area (Å²) in [7, 11) is 0. The Hall–Kier alpha value is -3.68. The summed E-state index contributed by atoms with van der Waals surface area (Å²) >= 11 is 0. The van der Waals surface area contributed by atoms with Crippen LogP contribution in [0.25, 0.3) is 10.9 Å². The molecule has 1 fully saturated rings. The molecule has 1 saturated heterocycles. The predicted molar refractivity (Wildman–Crippen MR) is 123 cm³/mol. The zero-order valence-corrected chi connectivity index (χ0v) is 18.2. The highest BCUT2D eigenvalue weighted by Gasteiger charge is 2.25. The molecule has 0 bridgehead atoms. The number of nitrogens with zero attached hydrogens (tertiary/aromatic N) is 3. The number of ether oxygens (including phenoxy) is 1. The number of non-ortho nitro benzene ring substituents is 1. The van der Waals surface area contributed by atoms with Gasteiger partial charge >= 0.3 is 0 Å². The van der Waals surface area contributed by atoms with Gasteiger partial charge in [0.05, 0.1) is 11.5 Å². The molecule has 8 nitrogen and oxygen atoms in total. The van der Waals surface area contributed by atoms with Crippen LogP contribution in [-0.2, 0) is 0 Å². The molecule has 2 heterocycles. The number of aromatic nitrogens is 1. The Kier molecular flexibility index (Phi) is 6.20. The number of carbonyl (C=O) groups excluding carboxylic acids is 1. The molecule has 32 heavy (non-hydrogen) atoms. The van der Waals surface area contributed by atoms with E-state index in [0.29, 0.717) is 30.8 Å². The summed E-state index contributed by atoms with van der Waals surface area (Å²) in [4.78, 5) is 30.1. The average Bonchev–Trinajstić information content (AvgIpc) is 2.79. The van der Waals surface area contributed by atoms with Gasteiger partial charge in [-0.25, -0.2) is 4.98 Å². The van der Waals surface area contributed by atoms with Crippen molar-refractivity contribution >= 4 is 28.2 Å². The maximum atomic E-state index is 12.8. The number of hydrogen-bond donors (Lipinski definition) is 1. The number of anilines is 1. The number of pyridine rings is 1. The number of likely N-dealkylation sites (tertiary alicyclic amines) is 1. The van der Waals surface area contributed by atoms with Crippen LogP contribution in [0.4, 0.5) is 11.4 Å². The molecule has 1 N–H and O–H groups in total. The number of nitrogens with one attached hydrogen (secondary N) is 1. The lowest BCUT2D eigenvalue weighted by Crippen LogP contribution is -2.42. The standard InChI is InChI=1S/C24H26N4O4/c1-3-32-19-9-7-17(8-10-19)24(29)27-13-11-18(12-14-27)26-21-15-16(2)25-23-20(21)5-4-6-22(23)28(30)31/h4-10,15,18H,3,11-14H2,1-2H3,(H,25,26). The summed E-state index contributed by atoms with van der Waals surface area (Å²) in [6.07, 6.45) is 1.58. The number of rotatable bonds is 6. The summed E-state index contributed by atoms with van der Waals surface area (Å²) in [6, 6.07) is 14.3. The van der Waals surface area contributed by atoms with Gasteiger partial charge in [0.1, 0.15) is 5.75 Å². The van der Waals surface area contributed by atoms with E-state index in [0.717, 1.165) is 35.4 Å². The van der Waals surface area contributed by atoms with Crippen LogP contribution in [0.3, 0.4) is 0 Å². The molecule has 0 saturated carbocycles. The second-order valence-electron chi connectivity index (χ2n) is 7.91. The van der Waals surface area contributed by atoms with Crippen LogP contribution < -0.4 is 10.1 Å². The minimum atomic E-state index is -0.399. The van der Waals surface area contributed by atoms with Crippen LogP contribution in [0.1, 0.15) is 35.8 Å². The maximum Gasteiger partial charge on any atom is 0.295 e. The maximum absolute atomic E-state index is 12.8. The molecule has 0 aliphatic carbocycles. The molecule has 1 aliphatic heterocycles. The molecule has 1 aromatic heterocycles. The van der Waals surface area contributed by atoms with Crippen LogP contribution in [0.2, 0.25) is 0 Å². The number of hydrogen-bond acceptors (Lipinski definition) is 6. The average molecular weight is 434 g/mol. The van der Waals surface area contributed by atoms with Crippen LogP contribution in [-0.4, -0.2) is 46.5 Å². The van der Waals surface area contributed by atoms with Gasteiger partial charge in [0.25, 0.3) is 11.6 Å². The Morgan fingerprint density at radius 1 is 1.22 bits per heavy atom. The lowest BCUT2D eigenvalue weighted by Gasteiger charge is -2.33. The molecule has 1 aliphatic rings. The van der Waals surface area contributed by atoms with Crippen molar-refractivity contribution in [2.24, 2.45) is 0 Å². The summed E-state index contributed by atoms with van der Waals surface area (Å²) in [5.74, 6) is 0.777. The fraction of sp³-hybridized carbons (Fsp3) is 0.333. The molecule has 3 aromatic rings. The van der Waals surface area contributed by atoms with Crippen LogP contribution in [0.15, 0.2) is 48.5 Å². The zero-order chi connectivity index (χ0) is 22.7. The summed E-state index contributed by atoms with van der Waals surface area (Å²) in [5, 5.41) is 15.7. The monoisotopic (exact) mass is 434 g/mol. The number of carbonyl (C=O) groups is 1. The van der Waals surface area contributed by atoms with Gasteiger partial charge in [0, 0.05) is 47.5 Å². The quantitative estimate of drug-likeness (QED) is 0.451. The van der Waals surface area contributed by atoms with Gasteiger partial charge in [-0.15, -0.1) is 0 Å². The number of nitro benzene ring substituents is 1. The molecule has 0 spiro atoms. The van der Waals surface area contributed by atoms with E-state index in [2.05, 4.69) is 10.3 Å². The summed E-state index contributed by atoms with van der Waals surface area (Å²) in [5.41, 5.74) is 2.61. The fourth-order valence-electron chi connectivity index (χ4n) is 4.12. The first-order chi connectivity index (χ1) is 15.5. The molecular formula is C24H26N4O4. The van der Waals surface area contributed by atoms with E-state index in [9.17, 15) is 14.9 Å². The largest absolute Gasteiger partial charge is 0.494 e. The van der Waals surface area contributed by atoms with Crippen LogP contribution in [0.5, 0.6) is 5.75 Å². The smallest absolute Gasteiger partial charge is 0.295 e. The first kappa shape index (κ1) is 21.5. The van der Waals surface area contributed by atoms with E-state index < -0.39 is 4.92 Å². The van der Waals surface area contributed by atoms with Gasteiger partial charge in [0.2, 0.25) is 0 Å². The minimum absolute atomic E-state index is 0.00465. The third kappa shape index (κ3) is 4.49. The van der Waals surface area contributed by atoms with Crippen LogP contribution >= 0.6 is 0 Å². The fourth-order valence-corrected chi connectivity index (χ4v) is 4.12. The van der Waals surface area contributed by atoms with E-state index in [4.69, 9.17) is 4.74 Å². The number of fused-ring (bicyclic) bond motifs is 1. The van der Waals surface area contributed by atoms with Gasteiger partial charge in [-0.2, -0.15) is 0 Å². The number of amides is 1. The number of piperidine rings is 1. The first-order valence-electron chi connectivity index (χ1n) is 10.8. The summed E-state index contributed by atoms with van der Waals surface area (Å²) < 4.78 is 5.44. The Balaban J connectivity index is 1.44. The number of benzene rings is 2. The minimum Gasteiger partial charge on any atom is -0.494 e. The van der Waals surface area contributed by atoms with Crippen molar-refractivity contribution in [1.29, 1.82) is 0 Å². The highest BCUT2D eigenvalue weighted by molar-refractivity contribution is 5.97.